The van der Waals surface area contributed by atoms with E-state index in [0.29, 0.717) is 69.3 Å². The minimum Gasteiger partial charge on any atom is -0.465 e. The van der Waals surface area contributed by atoms with Crippen LogP contribution in [0.25, 0.3) is 0 Å². The van der Waals surface area contributed by atoms with Gasteiger partial charge in [0.05, 0.1) is 44.5 Å². The Hall–Kier alpha value is -3.64. The first-order chi connectivity index (χ1) is 18.7. The van der Waals surface area contributed by atoms with Gasteiger partial charge in [-0.25, -0.2) is 9.59 Å². The number of benzene rings is 2. The van der Waals surface area contributed by atoms with E-state index < -0.39 is 17.7 Å². The Labute approximate surface area is 224 Å². The molecule has 3 amide bonds. The summed E-state index contributed by atoms with van der Waals surface area (Å²) in [7, 11) is 1.28. The van der Waals surface area contributed by atoms with E-state index in [9.17, 15) is 27.6 Å². The van der Waals surface area contributed by atoms with Gasteiger partial charge in [0.15, 0.2) is 0 Å². The van der Waals surface area contributed by atoms with Gasteiger partial charge in [-0.1, -0.05) is 12.1 Å². The molecular weight excluding hydrogens is 517 g/mol. The molecule has 0 aromatic heterocycles. The van der Waals surface area contributed by atoms with Crippen molar-refractivity contribution in [3.8, 4) is 0 Å². The van der Waals surface area contributed by atoms with Gasteiger partial charge in [-0.2, -0.15) is 13.2 Å². The number of halogens is 3. The van der Waals surface area contributed by atoms with Crippen molar-refractivity contribution in [2.24, 2.45) is 0 Å². The lowest BCUT2D eigenvalue weighted by atomic mass is 10.1. The third-order valence-corrected chi connectivity index (χ3v) is 6.82. The third-order valence-electron chi connectivity index (χ3n) is 6.82. The Morgan fingerprint density at radius 3 is 2.05 bits per heavy atom. The summed E-state index contributed by atoms with van der Waals surface area (Å²) in [5, 5.41) is 0. The molecule has 2 aliphatic heterocycles. The highest BCUT2D eigenvalue weighted by Crippen LogP contribution is 2.31. The van der Waals surface area contributed by atoms with Crippen LogP contribution in [-0.2, 0) is 27.0 Å². The number of anilines is 1. The number of rotatable bonds is 6. The lowest BCUT2D eigenvalue weighted by molar-refractivity contribution is -0.138. The molecule has 2 aromatic carbocycles. The van der Waals surface area contributed by atoms with E-state index in [1.54, 1.807) is 34.1 Å². The van der Waals surface area contributed by atoms with E-state index in [-0.39, 0.29) is 25.0 Å². The molecule has 0 atom stereocenters. The van der Waals surface area contributed by atoms with Crippen LogP contribution in [-0.4, -0.2) is 98.7 Å². The van der Waals surface area contributed by atoms with E-state index in [1.807, 2.05) is 4.90 Å². The van der Waals surface area contributed by atoms with Crippen LogP contribution in [0.4, 0.5) is 23.7 Å². The van der Waals surface area contributed by atoms with Crippen molar-refractivity contribution in [3.05, 3.63) is 65.2 Å². The summed E-state index contributed by atoms with van der Waals surface area (Å²) in [5.41, 5.74) is 0.539. The summed E-state index contributed by atoms with van der Waals surface area (Å²) in [5.74, 6) is -0.470. The Balaban J connectivity index is 1.45. The highest BCUT2D eigenvalue weighted by molar-refractivity contribution is 5.92. The predicted octanol–water partition coefficient (Wildman–Crippen LogP) is 3.10. The van der Waals surface area contributed by atoms with Gasteiger partial charge in [0, 0.05) is 45.0 Å². The fraction of sp³-hybridized carbons (Fsp3) is 0.444. The summed E-state index contributed by atoms with van der Waals surface area (Å²) >= 11 is 0. The van der Waals surface area contributed by atoms with Crippen molar-refractivity contribution in [2.45, 2.75) is 12.7 Å². The van der Waals surface area contributed by atoms with Gasteiger partial charge >= 0.3 is 18.2 Å². The smallest absolute Gasteiger partial charge is 0.416 e. The van der Waals surface area contributed by atoms with Crippen LogP contribution in [0, 0.1) is 0 Å². The van der Waals surface area contributed by atoms with E-state index >= 15 is 0 Å². The molecule has 2 fully saturated rings. The van der Waals surface area contributed by atoms with Gasteiger partial charge in [-0.3, -0.25) is 14.6 Å². The molecule has 0 aliphatic carbocycles. The molecule has 4 rings (SSSR count). The third kappa shape index (κ3) is 7.27. The van der Waals surface area contributed by atoms with Gasteiger partial charge in [-0.05, 0) is 42.0 Å². The number of methoxy groups -OCH3 is 1. The van der Waals surface area contributed by atoms with Crippen LogP contribution in [0.1, 0.15) is 21.5 Å². The molecule has 0 bridgehead atoms. The number of carbonyl (C=O) groups is 3. The fourth-order valence-electron chi connectivity index (χ4n) is 4.52. The Bertz CT molecular complexity index is 1140. The molecule has 2 aliphatic rings. The second-order valence-corrected chi connectivity index (χ2v) is 9.36. The number of urea groups is 1. The number of amides is 3. The summed E-state index contributed by atoms with van der Waals surface area (Å²) in [6.07, 6.45) is -4.49. The zero-order valence-corrected chi connectivity index (χ0v) is 21.7. The van der Waals surface area contributed by atoms with E-state index in [0.717, 1.165) is 12.1 Å². The molecule has 0 spiro atoms. The molecule has 39 heavy (non-hydrogen) atoms. The van der Waals surface area contributed by atoms with Crippen molar-refractivity contribution in [2.75, 3.05) is 71.0 Å². The van der Waals surface area contributed by atoms with Crippen LogP contribution in [0.3, 0.4) is 0 Å². The number of morpholine rings is 1. The molecule has 12 heteroatoms. The molecule has 0 unspecified atom stereocenters. The zero-order valence-electron chi connectivity index (χ0n) is 21.7. The fourth-order valence-corrected chi connectivity index (χ4v) is 4.52. The highest BCUT2D eigenvalue weighted by atomic mass is 19.4. The molecule has 2 saturated heterocycles. The van der Waals surface area contributed by atoms with E-state index in [4.69, 9.17) is 9.47 Å². The molecule has 210 valence electrons. The van der Waals surface area contributed by atoms with Crippen LogP contribution in [0.2, 0.25) is 0 Å². The first-order valence-electron chi connectivity index (χ1n) is 12.6. The SMILES string of the molecule is COC(=O)c1ccc(CN(C(=O)N2CCN(CC(=O)N3CCOCC3)CC2)c2ccc(C(F)(F)F)cc2)cc1. The van der Waals surface area contributed by atoms with Crippen molar-refractivity contribution in [1.82, 2.24) is 14.7 Å². The Morgan fingerprint density at radius 2 is 1.49 bits per heavy atom. The molecule has 2 heterocycles. The molecule has 2 aromatic rings. The molecular formula is C27H31F3N4O5. The summed E-state index contributed by atoms with van der Waals surface area (Å²) in [4.78, 5) is 44.8. The van der Waals surface area contributed by atoms with Gasteiger partial charge in [-0.15, -0.1) is 0 Å². The quantitative estimate of drug-likeness (QED) is 0.516. The summed E-state index contributed by atoms with van der Waals surface area (Å²) in [6, 6.07) is 10.6. The normalized spacial score (nSPS) is 16.6. The van der Waals surface area contributed by atoms with Gasteiger partial charge in [0.25, 0.3) is 0 Å². The summed E-state index contributed by atoms with van der Waals surface area (Å²) in [6.45, 7) is 4.27. The average molecular weight is 549 g/mol. The average Bonchev–Trinajstić information content (AvgIpc) is 2.96. The lowest BCUT2D eigenvalue weighted by Gasteiger charge is -2.38. The number of nitrogens with zero attached hydrogens (tertiary/aromatic N) is 4. The number of ether oxygens (including phenoxy) is 2. The van der Waals surface area contributed by atoms with Crippen LogP contribution in [0.15, 0.2) is 48.5 Å². The van der Waals surface area contributed by atoms with Gasteiger partial charge < -0.3 is 19.3 Å². The van der Waals surface area contributed by atoms with Gasteiger partial charge in [0.1, 0.15) is 0 Å². The van der Waals surface area contributed by atoms with Crippen molar-refractivity contribution in [1.29, 1.82) is 0 Å². The standard InChI is InChI=1S/C27H31F3N4O5/c1-38-25(36)21-4-2-20(3-5-21)18-34(23-8-6-22(7-9-23)27(28,29)30)26(37)33-12-10-31(11-13-33)19-24(35)32-14-16-39-17-15-32/h2-9H,10-19H2,1H3. The first kappa shape index (κ1) is 28.4. The molecule has 9 nitrogen and oxygen atoms in total. The molecule has 0 N–H and O–H groups in total. The number of hydrogen-bond acceptors (Lipinski definition) is 6. The Kier molecular flexibility index (Phi) is 9.08. The zero-order chi connectivity index (χ0) is 28.0. The number of piperazine rings is 1. The number of esters is 1. The van der Waals surface area contributed by atoms with Crippen molar-refractivity contribution >= 4 is 23.6 Å². The largest absolute Gasteiger partial charge is 0.465 e. The van der Waals surface area contributed by atoms with Crippen molar-refractivity contribution in [3.63, 3.8) is 0 Å². The molecule has 0 radical (unpaired) electrons. The monoisotopic (exact) mass is 548 g/mol. The Morgan fingerprint density at radius 1 is 0.872 bits per heavy atom. The second kappa shape index (κ2) is 12.5. The number of hydrogen-bond donors (Lipinski definition) is 0. The maximum atomic E-state index is 13.6. The topological polar surface area (TPSA) is 82.6 Å². The van der Waals surface area contributed by atoms with E-state index in [1.165, 1.54) is 24.1 Å². The highest BCUT2D eigenvalue weighted by Gasteiger charge is 2.32. The minimum atomic E-state index is -4.49. The lowest BCUT2D eigenvalue weighted by Crippen LogP contribution is -2.55. The molecule has 0 saturated carbocycles. The van der Waals surface area contributed by atoms with Crippen LogP contribution in [0.5, 0.6) is 0 Å². The van der Waals surface area contributed by atoms with Gasteiger partial charge in [0.2, 0.25) is 5.91 Å². The first-order valence-corrected chi connectivity index (χ1v) is 12.6. The number of alkyl halides is 3. The van der Waals surface area contributed by atoms with Crippen LogP contribution < -0.4 is 4.90 Å². The number of carbonyl (C=O) groups excluding carboxylic acids is 3. The van der Waals surface area contributed by atoms with E-state index in [2.05, 4.69) is 0 Å². The maximum absolute atomic E-state index is 13.6. The van der Waals surface area contributed by atoms with Crippen LogP contribution >= 0.6 is 0 Å². The second-order valence-electron chi connectivity index (χ2n) is 9.36. The maximum Gasteiger partial charge on any atom is 0.416 e. The predicted molar refractivity (Wildman–Crippen MR) is 136 cm³/mol. The minimum absolute atomic E-state index is 0.0276. The van der Waals surface area contributed by atoms with Crippen molar-refractivity contribution < 1.29 is 37.0 Å². The summed E-state index contributed by atoms with van der Waals surface area (Å²) < 4.78 is 49.4.